The number of amides is 1. The number of carbonyl (C=O) groups excluding carboxylic acids is 1. The highest BCUT2D eigenvalue weighted by Crippen LogP contribution is 2.24. The summed E-state index contributed by atoms with van der Waals surface area (Å²) in [5.41, 5.74) is 4.71. The number of rotatable bonds is 11. The molecule has 0 fully saturated rings. The standard InChI is InChI=1S/C29H25FN4O6S/c1-21-2-16-28(17-3-21)41(38,39)33(25-12-8-24(30)9-13-25)19-29(35)32-31-18-22-6-14-27(15-7-22)40-20-23-4-10-26(11-5-23)34(36)37/h2-18H,19-20H2,1H3,(H,32,35)/b31-18-. The lowest BCUT2D eigenvalue weighted by Gasteiger charge is -2.23. The van der Waals surface area contributed by atoms with Crippen molar-refractivity contribution < 1.29 is 27.3 Å². The summed E-state index contributed by atoms with van der Waals surface area (Å²) >= 11 is 0. The van der Waals surface area contributed by atoms with E-state index in [1.807, 2.05) is 6.92 Å². The number of halogens is 1. The van der Waals surface area contributed by atoms with Crippen LogP contribution in [0.1, 0.15) is 16.7 Å². The molecule has 4 rings (SSSR count). The van der Waals surface area contributed by atoms with Crippen molar-refractivity contribution >= 4 is 33.5 Å². The lowest BCUT2D eigenvalue weighted by Crippen LogP contribution is -2.39. The van der Waals surface area contributed by atoms with Crippen LogP contribution in [0.2, 0.25) is 0 Å². The molecule has 0 bridgehead atoms. The maximum absolute atomic E-state index is 13.5. The summed E-state index contributed by atoms with van der Waals surface area (Å²) in [6, 6.07) is 23.8. The highest BCUT2D eigenvalue weighted by Gasteiger charge is 2.27. The molecule has 210 valence electrons. The van der Waals surface area contributed by atoms with Crippen molar-refractivity contribution in [1.29, 1.82) is 0 Å². The van der Waals surface area contributed by atoms with E-state index in [0.717, 1.165) is 27.6 Å². The number of anilines is 1. The molecule has 0 aliphatic rings. The van der Waals surface area contributed by atoms with Gasteiger partial charge in [-0.3, -0.25) is 19.2 Å². The Morgan fingerprint density at radius 1 is 0.976 bits per heavy atom. The molecule has 1 N–H and O–H groups in total. The smallest absolute Gasteiger partial charge is 0.269 e. The highest BCUT2D eigenvalue weighted by atomic mass is 32.2. The van der Waals surface area contributed by atoms with E-state index in [1.165, 1.54) is 42.6 Å². The Labute approximate surface area is 235 Å². The average molecular weight is 577 g/mol. The minimum Gasteiger partial charge on any atom is -0.489 e. The van der Waals surface area contributed by atoms with E-state index in [1.54, 1.807) is 48.5 Å². The second-order valence-corrected chi connectivity index (χ2v) is 10.7. The number of nitrogens with zero attached hydrogens (tertiary/aromatic N) is 3. The number of benzene rings is 4. The van der Waals surface area contributed by atoms with Gasteiger partial charge in [0.1, 0.15) is 24.7 Å². The normalized spacial score (nSPS) is 11.3. The lowest BCUT2D eigenvalue weighted by atomic mass is 10.2. The summed E-state index contributed by atoms with van der Waals surface area (Å²) in [5, 5.41) is 14.7. The molecule has 0 unspecified atom stereocenters. The molecule has 12 heteroatoms. The number of aryl methyl sites for hydroxylation is 1. The second-order valence-electron chi connectivity index (χ2n) is 8.88. The van der Waals surface area contributed by atoms with Crippen LogP contribution in [-0.2, 0) is 21.4 Å². The summed E-state index contributed by atoms with van der Waals surface area (Å²) in [6.45, 7) is 1.45. The van der Waals surface area contributed by atoms with Crippen molar-refractivity contribution in [3.05, 3.63) is 130 Å². The molecule has 0 aliphatic carbocycles. The maximum Gasteiger partial charge on any atom is 0.269 e. The van der Waals surface area contributed by atoms with Crippen molar-refractivity contribution in [2.75, 3.05) is 10.8 Å². The minimum atomic E-state index is -4.14. The Balaban J connectivity index is 1.37. The van der Waals surface area contributed by atoms with Gasteiger partial charge < -0.3 is 4.74 Å². The van der Waals surface area contributed by atoms with Gasteiger partial charge in [-0.25, -0.2) is 18.2 Å². The van der Waals surface area contributed by atoms with Crippen LogP contribution in [0.3, 0.4) is 0 Å². The fourth-order valence-corrected chi connectivity index (χ4v) is 5.06. The van der Waals surface area contributed by atoms with E-state index < -0.39 is 33.2 Å². The fraction of sp³-hybridized carbons (Fsp3) is 0.103. The fourth-order valence-electron chi connectivity index (χ4n) is 3.64. The summed E-state index contributed by atoms with van der Waals surface area (Å²) in [5.74, 6) is -0.691. The van der Waals surface area contributed by atoms with E-state index in [9.17, 15) is 27.7 Å². The first-order valence-electron chi connectivity index (χ1n) is 12.2. The van der Waals surface area contributed by atoms with Crippen molar-refractivity contribution in [2.45, 2.75) is 18.4 Å². The topological polar surface area (TPSA) is 131 Å². The molecular weight excluding hydrogens is 551 g/mol. The Bertz CT molecular complexity index is 1640. The Kier molecular flexibility index (Phi) is 9.05. The lowest BCUT2D eigenvalue weighted by molar-refractivity contribution is -0.384. The molecule has 4 aromatic rings. The van der Waals surface area contributed by atoms with Crippen LogP contribution >= 0.6 is 0 Å². The number of carbonyl (C=O) groups is 1. The zero-order valence-corrected chi connectivity index (χ0v) is 22.6. The van der Waals surface area contributed by atoms with Crippen LogP contribution < -0.4 is 14.5 Å². The van der Waals surface area contributed by atoms with E-state index in [0.29, 0.717) is 11.3 Å². The number of hydrogen-bond acceptors (Lipinski definition) is 7. The van der Waals surface area contributed by atoms with Crippen LogP contribution in [0, 0.1) is 22.9 Å². The number of nitro benzene ring substituents is 1. The van der Waals surface area contributed by atoms with Gasteiger partial charge in [0.05, 0.1) is 21.7 Å². The van der Waals surface area contributed by atoms with Gasteiger partial charge in [-0.15, -0.1) is 0 Å². The number of non-ortho nitro benzene ring substituents is 1. The number of nitro groups is 1. The molecule has 0 aromatic heterocycles. The SMILES string of the molecule is Cc1ccc(S(=O)(=O)N(CC(=O)N/N=C\c2ccc(OCc3ccc([N+](=O)[O-])cc3)cc2)c2ccc(F)cc2)cc1. The summed E-state index contributed by atoms with van der Waals surface area (Å²) in [4.78, 5) is 23.0. The first kappa shape index (κ1) is 28.9. The molecule has 1 amide bonds. The van der Waals surface area contributed by atoms with Gasteiger partial charge in [0.15, 0.2) is 0 Å². The van der Waals surface area contributed by atoms with Gasteiger partial charge >= 0.3 is 0 Å². The zero-order valence-electron chi connectivity index (χ0n) is 21.8. The third-order valence-corrected chi connectivity index (χ3v) is 7.63. The zero-order chi connectivity index (χ0) is 29.4. The Morgan fingerprint density at radius 2 is 1.61 bits per heavy atom. The summed E-state index contributed by atoms with van der Waals surface area (Å²) in [7, 11) is -4.14. The molecule has 0 saturated carbocycles. The van der Waals surface area contributed by atoms with E-state index >= 15 is 0 Å². The van der Waals surface area contributed by atoms with Crippen molar-refractivity contribution in [3.8, 4) is 5.75 Å². The molecule has 0 radical (unpaired) electrons. The molecule has 0 aliphatic heterocycles. The molecule has 0 heterocycles. The van der Waals surface area contributed by atoms with Crippen molar-refractivity contribution in [2.24, 2.45) is 5.10 Å². The number of hydrazone groups is 1. The molecule has 0 atom stereocenters. The quantitative estimate of drug-likeness (QED) is 0.152. The predicted octanol–water partition coefficient (Wildman–Crippen LogP) is 4.97. The van der Waals surface area contributed by atoms with Crippen LogP contribution in [-0.4, -0.2) is 32.0 Å². The van der Waals surface area contributed by atoms with Gasteiger partial charge in [-0.05, 0) is 90.8 Å². The van der Waals surface area contributed by atoms with Gasteiger partial charge in [-0.1, -0.05) is 17.7 Å². The number of ether oxygens (including phenoxy) is 1. The van der Waals surface area contributed by atoms with Gasteiger partial charge in [0.2, 0.25) is 0 Å². The Hall–Kier alpha value is -5.10. The third kappa shape index (κ3) is 7.73. The molecule has 10 nitrogen and oxygen atoms in total. The van der Waals surface area contributed by atoms with Gasteiger partial charge in [0, 0.05) is 12.1 Å². The van der Waals surface area contributed by atoms with Crippen LogP contribution in [0.5, 0.6) is 5.75 Å². The maximum atomic E-state index is 13.5. The van der Waals surface area contributed by atoms with Crippen LogP contribution in [0.25, 0.3) is 0 Å². The largest absolute Gasteiger partial charge is 0.489 e. The summed E-state index contributed by atoms with van der Waals surface area (Å²) in [6.07, 6.45) is 1.38. The molecule has 41 heavy (non-hydrogen) atoms. The Morgan fingerprint density at radius 3 is 2.22 bits per heavy atom. The third-order valence-electron chi connectivity index (χ3n) is 5.85. The van der Waals surface area contributed by atoms with E-state index in [-0.39, 0.29) is 22.9 Å². The number of nitrogens with one attached hydrogen (secondary N) is 1. The number of hydrogen-bond donors (Lipinski definition) is 1. The van der Waals surface area contributed by atoms with Crippen LogP contribution in [0.4, 0.5) is 15.8 Å². The van der Waals surface area contributed by atoms with Crippen molar-refractivity contribution in [3.63, 3.8) is 0 Å². The minimum absolute atomic E-state index is 0.000497. The molecule has 0 spiro atoms. The molecule has 0 saturated heterocycles. The first-order chi connectivity index (χ1) is 19.6. The highest BCUT2D eigenvalue weighted by molar-refractivity contribution is 7.92. The molecular formula is C29H25FN4O6S. The summed E-state index contributed by atoms with van der Waals surface area (Å²) < 4.78 is 46.8. The average Bonchev–Trinajstić information content (AvgIpc) is 2.96. The van der Waals surface area contributed by atoms with Crippen molar-refractivity contribution in [1.82, 2.24) is 5.43 Å². The second kappa shape index (κ2) is 12.8. The van der Waals surface area contributed by atoms with E-state index in [4.69, 9.17) is 4.74 Å². The first-order valence-corrected chi connectivity index (χ1v) is 13.7. The van der Waals surface area contributed by atoms with Gasteiger partial charge in [-0.2, -0.15) is 5.10 Å². The predicted molar refractivity (Wildman–Crippen MR) is 152 cm³/mol. The monoisotopic (exact) mass is 576 g/mol. The molecule has 4 aromatic carbocycles. The van der Waals surface area contributed by atoms with Gasteiger partial charge in [0.25, 0.3) is 21.6 Å². The van der Waals surface area contributed by atoms with E-state index in [2.05, 4.69) is 10.5 Å². The number of sulfonamides is 1. The van der Waals surface area contributed by atoms with Crippen LogP contribution in [0.15, 0.2) is 107 Å².